The summed E-state index contributed by atoms with van der Waals surface area (Å²) in [5.41, 5.74) is -0.569. The van der Waals surface area contributed by atoms with Gasteiger partial charge in [0.1, 0.15) is 11.6 Å². The van der Waals surface area contributed by atoms with Gasteiger partial charge < -0.3 is 0 Å². The van der Waals surface area contributed by atoms with Crippen LogP contribution in [-0.4, -0.2) is 11.6 Å². The summed E-state index contributed by atoms with van der Waals surface area (Å²) in [4.78, 5) is 20.9. The first-order valence-corrected chi connectivity index (χ1v) is 2.62. The second-order valence-corrected chi connectivity index (χ2v) is 2.49. The Bertz CT molecular complexity index is 160. The maximum absolute atomic E-state index is 10.5. The smallest absolute Gasteiger partial charge is 0.148 e. The van der Waals surface area contributed by atoms with Crippen LogP contribution in [0.25, 0.3) is 0 Å². The van der Waals surface area contributed by atoms with Gasteiger partial charge >= 0.3 is 0 Å². The minimum atomic E-state index is -0.569. The molecule has 0 bridgehead atoms. The molecule has 0 N–H and O–H groups in total. The molecule has 8 heavy (non-hydrogen) atoms. The topological polar surface area (TPSA) is 34.1 Å². The van der Waals surface area contributed by atoms with Crippen molar-refractivity contribution in [2.24, 2.45) is 5.41 Å². The Hall–Kier alpha value is -0.660. The molecule has 0 amide bonds. The van der Waals surface area contributed by atoms with Crippen molar-refractivity contribution in [1.82, 2.24) is 0 Å². The van der Waals surface area contributed by atoms with Crippen LogP contribution in [0.1, 0.15) is 20.3 Å². The second kappa shape index (κ2) is 1.19. The van der Waals surface area contributed by atoms with E-state index in [9.17, 15) is 9.59 Å². The van der Waals surface area contributed by atoms with E-state index in [0.29, 0.717) is 6.42 Å². The molecule has 1 aliphatic rings. The highest BCUT2D eigenvalue weighted by molar-refractivity contribution is 6.18. The summed E-state index contributed by atoms with van der Waals surface area (Å²) in [6.07, 6.45) is 0.461. The molecule has 0 heterocycles. The van der Waals surface area contributed by atoms with Gasteiger partial charge in [0, 0.05) is 6.42 Å². The van der Waals surface area contributed by atoms with Gasteiger partial charge in [-0.05, 0) is 13.8 Å². The zero-order valence-electron chi connectivity index (χ0n) is 5.02. The van der Waals surface area contributed by atoms with E-state index in [0.717, 1.165) is 0 Å². The molecule has 0 aromatic rings. The van der Waals surface area contributed by atoms with E-state index < -0.39 is 5.41 Å². The van der Waals surface area contributed by atoms with Crippen molar-refractivity contribution < 1.29 is 9.59 Å². The van der Waals surface area contributed by atoms with Crippen molar-refractivity contribution in [3.8, 4) is 0 Å². The van der Waals surface area contributed by atoms with E-state index in [4.69, 9.17) is 0 Å². The monoisotopic (exact) mass is 112 g/mol. The second-order valence-electron chi connectivity index (χ2n) is 2.49. The summed E-state index contributed by atoms with van der Waals surface area (Å²) in [7, 11) is 0. The molecule has 1 rings (SSSR count). The van der Waals surface area contributed by atoms with Gasteiger partial charge in [0.2, 0.25) is 0 Å². The minimum Gasteiger partial charge on any atom is -0.299 e. The van der Waals surface area contributed by atoms with E-state index in [-0.39, 0.29) is 11.6 Å². The highest BCUT2D eigenvalue weighted by atomic mass is 16.2. The van der Waals surface area contributed by atoms with Crippen LogP contribution >= 0.6 is 0 Å². The Labute approximate surface area is 47.9 Å². The molecule has 1 atom stereocenters. The van der Waals surface area contributed by atoms with Gasteiger partial charge in [-0.25, -0.2) is 0 Å². The first-order chi connectivity index (χ1) is 3.57. The third-order valence-electron chi connectivity index (χ3n) is 1.78. The van der Waals surface area contributed by atoms with Gasteiger partial charge in [-0.15, -0.1) is 0 Å². The molecule has 0 radical (unpaired) electrons. The maximum Gasteiger partial charge on any atom is 0.148 e. The fraction of sp³-hybridized carbons (Fsp3) is 0.667. The van der Waals surface area contributed by atoms with Crippen LogP contribution in [0.15, 0.2) is 0 Å². The van der Waals surface area contributed by atoms with Gasteiger partial charge in [-0.2, -0.15) is 0 Å². The molecular formula is C6H8O2. The molecule has 2 nitrogen and oxygen atoms in total. The van der Waals surface area contributed by atoms with Crippen molar-refractivity contribution in [3.05, 3.63) is 0 Å². The van der Waals surface area contributed by atoms with E-state index in [2.05, 4.69) is 0 Å². The Morgan fingerprint density at radius 1 is 1.75 bits per heavy atom. The van der Waals surface area contributed by atoms with Crippen molar-refractivity contribution in [1.29, 1.82) is 0 Å². The van der Waals surface area contributed by atoms with Crippen LogP contribution in [0, 0.1) is 5.41 Å². The van der Waals surface area contributed by atoms with Crippen LogP contribution in [-0.2, 0) is 9.59 Å². The largest absolute Gasteiger partial charge is 0.299 e. The zero-order chi connectivity index (χ0) is 6.36. The maximum atomic E-state index is 10.5. The molecule has 0 saturated heterocycles. The van der Waals surface area contributed by atoms with Gasteiger partial charge in [0.25, 0.3) is 0 Å². The van der Waals surface area contributed by atoms with E-state index in [1.165, 1.54) is 6.92 Å². The van der Waals surface area contributed by atoms with E-state index in [1.807, 2.05) is 0 Å². The molecule has 1 fully saturated rings. The fourth-order valence-electron chi connectivity index (χ4n) is 0.598. The SMILES string of the molecule is CC(=O)C1(C)CC1=O. The van der Waals surface area contributed by atoms with E-state index >= 15 is 0 Å². The Kier molecular flexibility index (Phi) is 0.813. The highest BCUT2D eigenvalue weighted by Gasteiger charge is 2.53. The third kappa shape index (κ3) is 0.489. The number of hydrogen-bond acceptors (Lipinski definition) is 2. The number of carbonyl (C=O) groups is 2. The lowest BCUT2D eigenvalue weighted by Crippen LogP contribution is -2.08. The summed E-state index contributed by atoms with van der Waals surface area (Å²) in [5.74, 6) is 0.0903. The molecule has 2 heteroatoms. The van der Waals surface area contributed by atoms with Crippen molar-refractivity contribution in [2.45, 2.75) is 20.3 Å². The molecule has 44 valence electrons. The molecule has 0 aromatic heterocycles. The molecule has 1 saturated carbocycles. The van der Waals surface area contributed by atoms with Crippen molar-refractivity contribution in [2.75, 3.05) is 0 Å². The standard InChI is InChI=1S/C6H8O2/c1-4(7)6(2)3-5(6)8/h3H2,1-2H3. The summed E-state index contributed by atoms with van der Waals surface area (Å²) in [6, 6.07) is 0. The van der Waals surface area contributed by atoms with Gasteiger partial charge in [0.15, 0.2) is 0 Å². The first kappa shape index (κ1) is 5.48. The molecule has 0 aromatic carbocycles. The number of Topliss-reactive ketones (excluding diaryl/α,β-unsaturated/α-hetero) is 2. The summed E-state index contributed by atoms with van der Waals surface area (Å²) in [6.45, 7) is 3.16. The number of rotatable bonds is 1. The highest BCUT2D eigenvalue weighted by Crippen LogP contribution is 2.40. The Morgan fingerprint density at radius 2 is 2.12 bits per heavy atom. The zero-order valence-corrected chi connectivity index (χ0v) is 5.02. The molecule has 1 aliphatic carbocycles. The average Bonchev–Trinajstić information content (AvgIpc) is 2.17. The third-order valence-corrected chi connectivity index (χ3v) is 1.78. The molecule has 0 spiro atoms. The van der Waals surface area contributed by atoms with Crippen LogP contribution < -0.4 is 0 Å². The van der Waals surface area contributed by atoms with Gasteiger partial charge in [-0.3, -0.25) is 9.59 Å². The molecular weight excluding hydrogens is 104 g/mol. The average molecular weight is 112 g/mol. The fourth-order valence-corrected chi connectivity index (χ4v) is 0.598. The predicted molar refractivity (Wildman–Crippen MR) is 28.4 cm³/mol. The van der Waals surface area contributed by atoms with Crippen LogP contribution in [0.3, 0.4) is 0 Å². The van der Waals surface area contributed by atoms with Gasteiger partial charge in [0.05, 0.1) is 5.41 Å². The number of ketones is 2. The van der Waals surface area contributed by atoms with Gasteiger partial charge in [-0.1, -0.05) is 0 Å². The molecule has 1 unspecified atom stereocenters. The predicted octanol–water partition coefficient (Wildman–Crippen LogP) is 0.554. The van der Waals surface area contributed by atoms with Crippen LogP contribution in [0.2, 0.25) is 0 Å². The Morgan fingerprint density at radius 3 is 2.12 bits per heavy atom. The van der Waals surface area contributed by atoms with E-state index in [1.54, 1.807) is 6.92 Å². The van der Waals surface area contributed by atoms with Crippen LogP contribution in [0.5, 0.6) is 0 Å². The lowest BCUT2D eigenvalue weighted by molar-refractivity contribution is -0.125. The quantitative estimate of drug-likeness (QED) is 0.464. The molecule has 0 aliphatic heterocycles. The van der Waals surface area contributed by atoms with Crippen LogP contribution in [0.4, 0.5) is 0 Å². The van der Waals surface area contributed by atoms with Crippen molar-refractivity contribution >= 4 is 11.6 Å². The van der Waals surface area contributed by atoms with Crippen molar-refractivity contribution in [3.63, 3.8) is 0 Å². The summed E-state index contributed by atoms with van der Waals surface area (Å²) in [5, 5.41) is 0. The summed E-state index contributed by atoms with van der Waals surface area (Å²) >= 11 is 0. The normalized spacial score (nSPS) is 35.0. The lowest BCUT2D eigenvalue weighted by Gasteiger charge is -1.93. The number of carbonyl (C=O) groups excluding carboxylic acids is 2. The number of hydrogen-bond donors (Lipinski definition) is 0. The lowest BCUT2D eigenvalue weighted by atomic mass is 10.1. The minimum absolute atomic E-state index is 0.00231. The summed E-state index contributed by atoms with van der Waals surface area (Å²) < 4.78 is 0. The first-order valence-electron chi connectivity index (χ1n) is 2.62. The Balaban J connectivity index is 2.73.